The van der Waals surface area contributed by atoms with Crippen molar-refractivity contribution in [3.05, 3.63) is 76.4 Å². The average Bonchev–Trinajstić information content (AvgIpc) is 3.34. The monoisotopic (exact) mass is 550 g/mol. The highest BCUT2D eigenvalue weighted by Crippen LogP contribution is 2.39. The molecule has 2 fully saturated rings. The molecule has 5 N–H and O–H groups in total. The lowest BCUT2D eigenvalue weighted by Crippen LogP contribution is -2.48. The van der Waals surface area contributed by atoms with Crippen molar-refractivity contribution in [2.75, 3.05) is 23.7 Å². The number of halogens is 1. The molecule has 2 aliphatic heterocycles. The van der Waals surface area contributed by atoms with Gasteiger partial charge in [0.15, 0.2) is 17.7 Å². The molecule has 2 saturated heterocycles. The Hall–Kier alpha value is -3.28. The number of aliphatic hydroxyl groups excluding tert-OH is 3. The van der Waals surface area contributed by atoms with Crippen LogP contribution in [-0.4, -0.2) is 66.4 Å². The van der Waals surface area contributed by atoms with Crippen LogP contribution < -0.4 is 10.6 Å². The lowest BCUT2D eigenvalue weighted by atomic mass is 9.92. The van der Waals surface area contributed by atoms with Gasteiger partial charge in [0.05, 0.1) is 5.69 Å². The second kappa shape index (κ2) is 10.0. The summed E-state index contributed by atoms with van der Waals surface area (Å²) in [7, 11) is 0. The maximum atomic E-state index is 10.8. The molecule has 10 nitrogen and oxygen atoms in total. The van der Waals surface area contributed by atoms with Crippen LogP contribution in [0.1, 0.15) is 23.7 Å². The zero-order chi connectivity index (χ0) is 27.3. The number of nitrogens with two attached hydrogens (primary N) is 1. The van der Waals surface area contributed by atoms with Crippen LogP contribution in [0, 0.1) is 5.92 Å². The Morgan fingerprint density at radius 1 is 0.974 bits per heavy atom. The van der Waals surface area contributed by atoms with Gasteiger partial charge in [0.1, 0.15) is 17.7 Å². The predicted octanol–water partition coefficient (Wildman–Crippen LogP) is 2.27. The predicted molar refractivity (Wildman–Crippen MR) is 147 cm³/mol. The van der Waals surface area contributed by atoms with Gasteiger partial charge in [-0.05, 0) is 55.4 Å². The van der Waals surface area contributed by atoms with E-state index < -0.39 is 24.2 Å². The van der Waals surface area contributed by atoms with E-state index in [1.165, 1.54) is 10.1 Å². The van der Waals surface area contributed by atoms with Crippen LogP contribution in [0.15, 0.2) is 54.6 Å². The number of hydrogen-bond donors (Lipinski definition) is 4. The normalized spacial score (nSPS) is 25.4. The number of hydrogen-bond acceptors (Lipinski definition) is 9. The highest BCUT2D eigenvalue weighted by atomic mass is 35.5. The summed E-state index contributed by atoms with van der Waals surface area (Å²) in [5, 5.41) is 31.9. The average molecular weight is 551 g/mol. The molecule has 0 bridgehead atoms. The Labute approximate surface area is 230 Å². The third-order valence-corrected chi connectivity index (χ3v) is 7.98. The van der Waals surface area contributed by atoms with Crippen molar-refractivity contribution >= 4 is 34.7 Å². The van der Waals surface area contributed by atoms with Gasteiger partial charge in [-0.15, -0.1) is 0 Å². The zero-order valence-electron chi connectivity index (χ0n) is 21.5. The van der Waals surface area contributed by atoms with Crippen molar-refractivity contribution < 1.29 is 20.1 Å². The summed E-state index contributed by atoms with van der Waals surface area (Å²) in [4.78, 5) is 16.4. The first-order chi connectivity index (χ1) is 18.7. The number of nitrogens with zero attached hydrogens (tertiary/aromatic N) is 5. The van der Waals surface area contributed by atoms with E-state index in [2.05, 4.69) is 22.0 Å². The number of anilines is 2. The number of benzene rings is 2. The topological polar surface area (TPSA) is 143 Å². The molecule has 39 heavy (non-hydrogen) atoms. The van der Waals surface area contributed by atoms with Crippen LogP contribution in [0.2, 0.25) is 5.02 Å². The van der Waals surface area contributed by atoms with E-state index in [0.29, 0.717) is 29.5 Å². The summed E-state index contributed by atoms with van der Waals surface area (Å²) in [6.45, 7) is 3.11. The second-order valence-corrected chi connectivity index (χ2v) is 11.0. The van der Waals surface area contributed by atoms with Gasteiger partial charge >= 0.3 is 0 Å². The molecular weight excluding hydrogens is 520 g/mol. The number of ether oxygens (including phenoxy) is 1. The van der Waals surface area contributed by atoms with Crippen molar-refractivity contribution in [2.45, 2.75) is 50.4 Å². The number of aryl methyl sites for hydroxylation is 2. The van der Waals surface area contributed by atoms with E-state index in [1.54, 1.807) is 6.92 Å². The maximum Gasteiger partial charge on any atom is 0.227 e. The Balaban J connectivity index is 1.34. The fourth-order valence-corrected chi connectivity index (χ4v) is 5.66. The molecule has 0 aliphatic carbocycles. The minimum absolute atomic E-state index is 0.0458. The van der Waals surface area contributed by atoms with Crippen molar-refractivity contribution in [3.63, 3.8) is 0 Å². The van der Waals surface area contributed by atoms with Gasteiger partial charge in [-0.2, -0.15) is 4.98 Å². The van der Waals surface area contributed by atoms with Gasteiger partial charge < -0.3 is 30.7 Å². The lowest BCUT2D eigenvalue weighted by molar-refractivity contribution is -0.185. The summed E-state index contributed by atoms with van der Waals surface area (Å²) in [6.07, 6.45) is -2.27. The van der Waals surface area contributed by atoms with E-state index in [9.17, 15) is 15.3 Å². The van der Waals surface area contributed by atoms with Crippen molar-refractivity contribution in [3.8, 4) is 0 Å². The van der Waals surface area contributed by atoms with Crippen LogP contribution in [0.25, 0.3) is 11.2 Å². The Morgan fingerprint density at radius 3 is 2.36 bits per heavy atom. The zero-order valence-corrected chi connectivity index (χ0v) is 22.2. The molecule has 2 aliphatic rings. The second-order valence-electron chi connectivity index (χ2n) is 10.5. The molecule has 4 heterocycles. The molecule has 204 valence electrons. The molecular formula is C28H31ClN6O4. The SMILES string of the molecule is CC1(n2c(N)nc3c(CCc4ccccc4)nc(N4CC(Cc5ccc(Cl)cc5)C4)nc32)OC(O)C(O)C1O. The van der Waals surface area contributed by atoms with Crippen LogP contribution in [0.5, 0.6) is 0 Å². The number of nitrogen functional groups attached to an aromatic ring is 1. The minimum atomic E-state index is -1.58. The molecule has 0 spiro atoms. The fourth-order valence-electron chi connectivity index (χ4n) is 5.54. The minimum Gasteiger partial charge on any atom is -0.385 e. The van der Waals surface area contributed by atoms with E-state index in [4.69, 9.17) is 32.0 Å². The fraction of sp³-hybridized carbons (Fsp3) is 0.393. The van der Waals surface area contributed by atoms with Gasteiger partial charge in [0.2, 0.25) is 11.9 Å². The summed E-state index contributed by atoms with van der Waals surface area (Å²) < 4.78 is 7.08. The van der Waals surface area contributed by atoms with Crippen molar-refractivity contribution in [1.29, 1.82) is 0 Å². The highest BCUT2D eigenvalue weighted by molar-refractivity contribution is 6.30. The number of rotatable bonds is 7. The van der Waals surface area contributed by atoms with Crippen LogP contribution in [0.3, 0.4) is 0 Å². The molecule has 6 rings (SSSR count). The summed E-state index contributed by atoms with van der Waals surface area (Å²) in [6, 6.07) is 18.0. The quantitative estimate of drug-likeness (QED) is 0.272. The summed E-state index contributed by atoms with van der Waals surface area (Å²) in [5.41, 5.74) is 8.76. The van der Waals surface area contributed by atoms with Crippen LogP contribution in [-0.2, 0) is 29.7 Å². The summed E-state index contributed by atoms with van der Waals surface area (Å²) in [5.74, 6) is 1.02. The standard InChI is InChI=1S/C28H31ClN6O4/c1-28(23(37)22(36)25(38)39-28)35-24-21(32-26(35)30)20(12-9-16-5-3-2-4-6-16)31-27(33-24)34-14-18(15-34)13-17-7-10-19(29)11-8-17/h2-8,10-11,18,22-23,25,36-38H,9,12-15H2,1H3,(H2,30,32). The summed E-state index contributed by atoms with van der Waals surface area (Å²) >= 11 is 6.03. The van der Waals surface area contributed by atoms with E-state index >= 15 is 0 Å². The smallest absolute Gasteiger partial charge is 0.227 e. The first-order valence-electron chi connectivity index (χ1n) is 13.0. The van der Waals surface area contributed by atoms with E-state index in [1.807, 2.05) is 42.5 Å². The van der Waals surface area contributed by atoms with Crippen LogP contribution in [0.4, 0.5) is 11.9 Å². The van der Waals surface area contributed by atoms with Gasteiger partial charge in [-0.1, -0.05) is 54.1 Å². The Morgan fingerprint density at radius 2 is 1.69 bits per heavy atom. The van der Waals surface area contributed by atoms with Gasteiger partial charge in [0.25, 0.3) is 0 Å². The Kier molecular flexibility index (Phi) is 6.68. The first kappa shape index (κ1) is 26.0. The Bertz CT molecular complexity index is 1480. The van der Waals surface area contributed by atoms with Gasteiger partial charge in [-0.3, -0.25) is 4.57 Å². The van der Waals surface area contributed by atoms with Crippen molar-refractivity contribution in [2.24, 2.45) is 5.92 Å². The van der Waals surface area contributed by atoms with Crippen LogP contribution >= 0.6 is 11.6 Å². The molecule has 11 heteroatoms. The third kappa shape index (κ3) is 4.72. The molecule has 4 aromatic rings. The van der Waals surface area contributed by atoms with Gasteiger partial charge in [0, 0.05) is 18.1 Å². The molecule has 4 atom stereocenters. The van der Waals surface area contributed by atoms with E-state index in [-0.39, 0.29) is 5.95 Å². The maximum absolute atomic E-state index is 10.8. The number of aliphatic hydroxyl groups is 3. The van der Waals surface area contributed by atoms with E-state index in [0.717, 1.165) is 42.2 Å². The first-order valence-corrected chi connectivity index (χ1v) is 13.4. The van der Waals surface area contributed by atoms with Crippen molar-refractivity contribution in [1.82, 2.24) is 19.5 Å². The number of fused-ring (bicyclic) bond motifs is 1. The molecule has 4 unspecified atom stereocenters. The number of aromatic nitrogens is 4. The molecule has 0 radical (unpaired) electrons. The largest absolute Gasteiger partial charge is 0.385 e. The highest BCUT2D eigenvalue weighted by Gasteiger charge is 2.53. The molecule has 2 aromatic carbocycles. The molecule has 2 aromatic heterocycles. The molecule has 0 saturated carbocycles. The van der Waals surface area contributed by atoms with Gasteiger partial charge in [-0.25, -0.2) is 9.97 Å². The number of imidazole rings is 1. The molecule has 0 amide bonds. The third-order valence-electron chi connectivity index (χ3n) is 7.73. The lowest BCUT2D eigenvalue weighted by Gasteiger charge is -2.39.